The molecule has 0 bridgehead atoms. The van der Waals surface area contributed by atoms with Crippen LogP contribution in [-0.4, -0.2) is 26.8 Å². The van der Waals surface area contributed by atoms with Gasteiger partial charge < -0.3 is 9.88 Å². The molecule has 0 saturated heterocycles. The molecule has 5 nitrogen and oxygen atoms in total. The maximum absolute atomic E-state index is 13.1. The van der Waals surface area contributed by atoms with E-state index in [0.29, 0.717) is 12.5 Å². The number of nitrogens with zero attached hydrogens (tertiary/aromatic N) is 2. The van der Waals surface area contributed by atoms with Gasteiger partial charge in [-0.25, -0.2) is 4.98 Å². The lowest BCUT2D eigenvalue weighted by Gasteiger charge is -2.17. The molecular formula is C26H27N3O2. The summed E-state index contributed by atoms with van der Waals surface area (Å²) in [5.41, 5.74) is 3.72. The zero-order valence-corrected chi connectivity index (χ0v) is 17.8. The van der Waals surface area contributed by atoms with E-state index in [4.69, 9.17) is 4.98 Å². The minimum Gasteiger partial charge on any atom is -0.343 e. The summed E-state index contributed by atoms with van der Waals surface area (Å²) in [6.45, 7) is 2.03. The van der Waals surface area contributed by atoms with E-state index in [1.165, 1.54) is 18.4 Å². The van der Waals surface area contributed by atoms with Gasteiger partial charge in [0.25, 0.3) is 0 Å². The first-order valence-corrected chi connectivity index (χ1v) is 11.4. The molecule has 1 aromatic heterocycles. The van der Waals surface area contributed by atoms with Crippen LogP contribution in [0.5, 0.6) is 0 Å². The average molecular weight is 414 g/mol. The molecule has 6 rings (SSSR count). The molecule has 3 aliphatic carbocycles. The third-order valence-corrected chi connectivity index (χ3v) is 7.09. The fourth-order valence-electron chi connectivity index (χ4n) is 4.92. The first-order valence-electron chi connectivity index (χ1n) is 11.4. The summed E-state index contributed by atoms with van der Waals surface area (Å²) < 4.78 is 2.36. The highest BCUT2D eigenvalue weighted by atomic mass is 16.2. The van der Waals surface area contributed by atoms with Crippen LogP contribution in [0, 0.1) is 12.8 Å². The summed E-state index contributed by atoms with van der Waals surface area (Å²) in [6, 6.07) is 16.8. The molecule has 3 aromatic rings. The minimum atomic E-state index is -0.648. The number of amides is 1. The maximum atomic E-state index is 13.1. The summed E-state index contributed by atoms with van der Waals surface area (Å²) >= 11 is 0. The molecule has 2 aromatic carbocycles. The van der Waals surface area contributed by atoms with Crippen LogP contribution < -0.4 is 5.32 Å². The molecule has 2 atom stereocenters. The van der Waals surface area contributed by atoms with E-state index >= 15 is 0 Å². The standard InChI is InChI=1S/C26H27N3O2/c1-16-5-4-6-17(13-16)14-23(30)26(11-12-26)28-25(31)20-15-19(20)24-27-21-7-2-3-8-22(21)29(24)18-9-10-18/h2-8,13,18-20H,9-12,14-15H2,1H3,(H,28,31)/t19-,20-/m0/s1. The van der Waals surface area contributed by atoms with E-state index in [1.54, 1.807) is 0 Å². The van der Waals surface area contributed by atoms with Crippen molar-refractivity contribution in [1.29, 1.82) is 0 Å². The van der Waals surface area contributed by atoms with Gasteiger partial charge in [0.1, 0.15) is 5.82 Å². The number of imidazole rings is 1. The molecule has 0 spiro atoms. The molecule has 1 amide bonds. The van der Waals surface area contributed by atoms with Crippen molar-refractivity contribution in [2.45, 2.75) is 62.9 Å². The Morgan fingerprint density at radius 3 is 2.68 bits per heavy atom. The number of benzene rings is 2. The molecule has 5 heteroatoms. The monoisotopic (exact) mass is 413 g/mol. The topological polar surface area (TPSA) is 64.0 Å². The first-order chi connectivity index (χ1) is 15.0. The normalized spacial score (nSPS) is 23.5. The van der Waals surface area contributed by atoms with E-state index in [2.05, 4.69) is 34.1 Å². The third kappa shape index (κ3) is 3.36. The minimum absolute atomic E-state index is 0.0227. The lowest BCUT2D eigenvalue weighted by Crippen LogP contribution is -2.44. The van der Waals surface area contributed by atoms with E-state index in [-0.39, 0.29) is 23.5 Å². The molecule has 0 radical (unpaired) electrons. The van der Waals surface area contributed by atoms with Crippen LogP contribution in [0.2, 0.25) is 0 Å². The molecule has 1 heterocycles. The van der Waals surface area contributed by atoms with Gasteiger partial charge in [-0.05, 0) is 56.7 Å². The predicted octanol–water partition coefficient (Wildman–Crippen LogP) is 4.24. The summed E-state index contributed by atoms with van der Waals surface area (Å²) in [7, 11) is 0. The number of ketones is 1. The second-order valence-electron chi connectivity index (χ2n) is 9.67. The fraction of sp³-hybridized carbons (Fsp3) is 0.423. The number of carbonyl (C=O) groups excluding carboxylic acids is 2. The van der Waals surface area contributed by atoms with E-state index < -0.39 is 5.54 Å². The molecule has 3 fully saturated rings. The largest absolute Gasteiger partial charge is 0.343 e. The summed E-state index contributed by atoms with van der Waals surface area (Å²) in [6.07, 6.45) is 5.08. The highest BCUT2D eigenvalue weighted by Crippen LogP contribution is 2.51. The Morgan fingerprint density at radius 2 is 1.94 bits per heavy atom. The number of hydrogen-bond acceptors (Lipinski definition) is 3. The van der Waals surface area contributed by atoms with E-state index in [1.807, 2.05) is 31.2 Å². The molecule has 0 unspecified atom stereocenters. The number of rotatable bonds is 7. The summed E-state index contributed by atoms with van der Waals surface area (Å²) in [4.78, 5) is 30.9. The molecule has 1 N–H and O–H groups in total. The van der Waals surface area contributed by atoms with Crippen molar-refractivity contribution in [2.24, 2.45) is 5.92 Å². The van der Waals surface area contributed by atoms with E-state index in [0.717, 1.165) is 41.7 Å². The maximum Gasteiger partial charge on any atom is 0.224 e. The molecule has 31 heavy (non-hydrogen) atoms. The number of fused-ring (bicyclic) bond motifs is 1. The third-order valence-electron chi connectivity index (χ3n) is 7.09. The van der Waals surface area contributed by atoms with Crippen LogP contribution in [0.1, 0.15) is 61.0 Å². The zero-order chi connectivity index (χ0) is 21.2. The fourth-order valence-corrected chi connectivity index (χ4v) is 4.92. The number of carbonyl (C=O) groups is 2. The van der Waals surface area contributed by atoms with Crippen LogP contribution in [0.3, 0.4) is 0 Å². The van der Waals surface area contributed by atoms with Crippen LogP contribution in [0.25, 0.3) is 11.0 Å². The van der Waals surface area contributed by atoms with Crippen molar-refractivity contribution in [3.8, 4) is 0 Å². The van der Waals surface area contributed by atoms with Gasteiger partial charge in [-0.15, -0.1) is 0 Å². The van der Waals surface area contributed by atoms with Crippen LogP contribution in [0.4, 0.5) is 0 Å². The van der Waals surface area contributed by atoms with Crippen molar-refractivity contribution < 1.29 is 9.59 Å². The Bertz CT molecular complexity index is 1200. The van der Waals surface area contributed by atoms with Gasteiger partial charge in [-0.3, -0.25) is 9.59 Å². The predicted molar refractivity (Wildman–Crippen MR) is 119 cm³/mol. The number of aryl methyl sites for hydroxylation is 1. The summed E-state index contributed by atoms with van der Waals surface area (Å²) in [5.74, 6) is 1.30. The Labute approximate surface area is 181 Å². The van der Waals surface area contributed by atoms with Gasteiger partial charge in [-0.1, -0.05) is 42.0 Å². The molecule has 3 aliphatic rings. The quantitative estimate of drug-likeness (QED) is 0.630. The van der Waals surface area contributed by atoms with Crippen LogP contribution in [0.15, 0.2) is 48.5 Å². The Hall–Kier alpha value is -2.95. The number of para-hydroxylation sites is 2. The molecular weight excluding hydrogens is 386 g/mol. The number of Topliss-reactive ketones (excluding diaryl/α,β-unsaturated/α-hetero) is 1. The van der Waals surface area contributed by atoms with Gasteiger partial charge >= 0.3 is 0 Å². The molecule has 3 saturated carbocycles. The molecule has 0 aliphatic heterocycles. The zero-order valence-electron chi connectivity index (χ0n) is 17.8. The Morgan fingerprint density at radius 1 is 1.13 bits per heavy atom. The van der Waals surface area contributed by atoms with Crippen molar-refractivity contribution in [2.75, 3.05) is 0 Å². The molecule has 158 valence electrons. The van der Waals surface area contributed by atoms with E-state index in [9.17, 15) is 9.59 Å². The second kappa shape index (κ2) is 6.78. The summed E-state index contributed by atoms with van der Waals surface area (Å²) in [5, 5.41) is 3.14. The van der Waals surface area contributed by atoms with Gasteiger partial charge in [0.05, 0.1) is 16.6 Å². The van der Waals surface area contributed by atoms with Gasteiger partial charge in [0.2, 0.25) is 5.91 Å². The van der Waals surface area contributed by atoms with Crippen molar-refractivity contribution >= 4 is 22.7 Å². The number of aromatic nitrogens is 2. The smallest absolute Gasteiger partial charge is 0.224 e. The van der Waals surface area contributed by atoms with Gasteiger partial charge in [0, 0.05) is 24.3 Å². The lowest BCUT2D eigenvalue weighted by molar-refractivity contribution is -0.129. The van der Waals surface area contributed by atoms with Crippen molar-refractivity contribution in [3.05, 3.63) is 65.5 Å². The lowest BCUT2D eigenvalue weighted by atomic mass is 10.0. The SMILES string of the molecule is Cc1cccc(CC(=O)C2(NC(=O)[C@H]3C[C@@H]3c3nc4ccccc4n3C3CC3)CC2)c1. The highest BCUT2D eigenvalue weighted by Gasteiger charge is 2.55. The van der Waals surface area contributed by atoms with Crippen molar-refractivity contribution in [1.82, 2.24) is 14.9 Å². The average Bonchev–Trinajstić information content (AvgIpc) is 3.63. The Balaban J connectivity index is 1.16. The Kier molecular flexibility index (Phi) is 4.11. The van der Waals surface area contributed by atoms with Gasteiger partial charge in [0.15, 0.2) is 5.78 Å². The first kappa shape index (κ1) is 18.8. The number of nitrogens with one attached hydrogen (secondary N) is 1. The highest BCUT2D eigenvalue weighted by molar-refractivity contribution is 5.98. The second-order valence-corrected chi connectivity index (χ2v) is 9.67. The van der Waals surface area contributed by atoms with Gasteiger partial charge in [-0.2, -0.15) is 0 Å². The van der Waals surface area contributed by atoms with Crippen LogP contribution in [-0.2, 0) is 16.0 Å². The van der Waals surface area contributed by atoms with Crippen LogP contribution >= 0.6 is 0 Å². The van der Waals surface area contributed by atoms with Crippen molar-refractivity contribution in [3.63, 3.8) is 0 Å². The number of hydrogen-bond donors (Lipinski definition) is 1.